The van der Waals surface area contributed by atoms with Crippen LogP contribution in [0, 0.1) is 17.0 Å². The number of nitrogens with zero attached hydrogens (tertiary/aromatic N) is 3. The lowest BCUT2D eigenvalue weighted by molar-refractivity contribution is -0.757. The topological polar surface area (TPSA) is 164 Å². The first-order chi connectivity index (χ1) is 18.1. The maximum Gasteiger partial charge on any atom is 0.339 e. The summed E-state index contributed by atoms with van der Waals surface area (Å²) in [5.41, 5.74) is 7.11. The van der Waals surface area contributed by atoms with E-state index in [1.165, 1.54) is 27.2 Å². The largest absolute Gasteiger partial charge is 0.440 e. The van der Waals surface area contributed by atoms with Gasteiger partial charge in [0.15, 0.2) is 6.73 Å². The smallest absolute Gasteiger partial charge is 0.339 e. The number of nitrogens with two attached hydrogens (primary N) is 1. The third-order valence-corrected chi connectivity index (χ3v) is 8.30. The second-order valence-corrected chi connectivity index (χ2v) is 11.0. The number of esters is 1. The maximum atomic E-state index is 13.3. The van der Waals surface area contributed by atoms with E-state index in [9.17, 15) is 28.1 Å². The molecule has 2 heterocycles. The molecule has 1 aliphatic rings. The van der Waals surface area contributed by atoms with E-state index in [-0.39, 0.29) is 41.8 Å². The molecule has 2 N–H and O–H groups in total. The Morgan fingerprint density at radius 1 is 1.21 bits per heavy atom. The molecular formula is C25H28N4O8S. The summed E-state index contributed by atoms with van der Waals surface area (Å²) in [6.45, 7) is 1.87. The van der Waals surface area contributed by atoms with Crippen molar-refractivity contribution >= 4 is 26.8 Å². The number of ether oxygens (including phenoxy) is 1. The normalized spacial score (nSPS) is 16.0. The van der Waals surface area contributed by atoms with Crippen molar-refractivity contribution in [3.05, 3.63) is 85.8 Å². The van der Waals surface area contributed by atoms with Gasteiger partial charge in [-0.1, -0.05) is 18.2 Å². The predicted octanol–water partition coefficient (Wildman–Crippen LogP) is 1.99. The molecule has 0 amide bonds. The van der Waals surface area contributed by atoms with Crippen LogP contribution in [0.15, 0.2) is 58.4 Å². The molecule has 0 spiro atoms. The summed E-state index contributed by atoms with van der Waals surface area (Å²) in [6.07, 6.45) is 3.03. The molecule has 3 aromatic rings. The summed E-state index contributed by atoms with van der Waals surface area (Å²) in [6, 6.07) is 10.9. The lowest BCUT2D eigenvalue weighted by atomic mass is 10.1. The molecular weight excluding hydrogens is 516 g/mol. The Labute approximate surface area is 218 Å². The van der Waals surface area contributed by atoms with Crippen molar-refractivity contribution in [2.45, 2.75) is 43.9 Å². The van der Waals surface area contributed by atoms with E-state index in [1.54, 1.807) is 37.3 Å². The molecule has 1 fully saturated rings. The number of aryl methyl sites for hydroxylation is 2. The van der Waals surface area contributed by atoms with E-state index in [1.807, 2.05) is 0 Å². The van der Waals surface area contributed by atoms with Gasteiger partial charge in [0.05, 0.1) is 17.1 Å². The van der Waals surface area contributed by atoms with Crippen LogP contribution in [-0.4, -0.2) is 54.1 Å². The zero-order valence-corrected chi connectivity index (χ0v) is 21.6. The van der Waals surface area contributed by atoms with E-state index in [2.05, 4.69) is 4.84 Å². The molecule has 0 saturated carbocycles. The van der Waals surface area contributed by atoms with Gasteiger partial charge in [-0.3, -0.25) is 9.36 Å². The second-order valence-electron chi connectivity index (χ2n) is 9.10. The van der Waals surface area contributed by atoms with Crippen LogP contribution in [0.1, 0.15) is 34.3 Å². The number of hydrogen-bond acceptors (Lipinski definition) is 9. The molecule has 0 bridgehead atoms. The molecule has 13 heteroatoms. The minimum Gasteiger partial charge on any atom is -0.440 e. The summed E-state index contributed by atoms with van der Waals surface area (Å²) in [5, 5.41) is 9.89. The summed E-state index contributed by atoms with van der Waals surface area (Å²) in [4.78, 5) is 40.3. The van der Waals surface area contributed by atoms with Crippen molar-refractivity contribution < 1.29 is 27.9 Å². The molecule has 0 radical (unpaired) electrons. The van der Waals surface area contributed by atoms with Crippen LogP contribution in [0.5, 0.6) is 0 Å². The number of pyridine rings is 1. The summed E-state index contributed by atoms with van der Waals surface area (Å²) in [7, 11) is -3.84. The quantitative estimate of drug-likeness (QED) is 0.174. The molecule has 202 valence electrons. The number of carbonyl (C=O) groups is 1. The molecule has 2 aromatic carbocycles. The fourth-order valence-electron chi connectivity index (χ4n) is 4.48. The van der Waals surface area contributed by atoms with Crippen LogP contribution in [0.25, 0.3) is 10.8 Å². The van der Waals surface area contributed by atoms with Gasteiger partial charge in [0.2, 0.25) is 10.0 Å². The van der Waals surface area contributed by atoms with Crippen molar-refractivity contribution in [1.29, 1.82) is 0 Å². The molecule has 1 saturated heterocycles. The highest BCUT2D eigenvalue weighted by molar-refractivity contribution is 7.89. The Morgan fingerprint density at radius 2 is 1.95 bits per heavy atom. The molecule has 1 aromatic heterocycles. The zero-order chi connectivity index (χ0) is 27.4. The first-order valence-electron chi connectivity index (χ1n) is 12.0. The standard InChI is InChI=1S/C25H28N4O8S/c1-17-14-27(16-36-25(31)19-9-7-18(8-10-19)4-3-13-37-29(32)33)24(30)21-5-2-6-22(23(17)21)38(34,35)28-12-11-20(26)15-28/h2,5-10,14,20H,3-4,11-13,15-16,26H2,1H3/t20-/m0/s1. The van der Waals surface area contributed by atoms with E-state index in [0.29, 0.717) is 36.8 Å². The van der Waals surface area contributed by atoms with E-state index < -0.39 is 26.6 Å². The van der Waals surface area contributed by atoms with Gasteiger partial charge < -0.3 is 15.3 Å². The van der Waals surface area contributed by atoms with E-state index in [4.69, 9.17) is 10.5 Å². The van der Waals surface area contributed by atoms with Gasteiger partial charge in [-0.25, -0.2) is 13.2 Å². The fourth-order valence-corrected chi connectivity index (χ4v) is 6.28. The molecule has 4 rings (SSSR count). The van der Waals surface area contributed by atoms with Crippen molar-refractivity contribution in [2.24, 2.45) is 5.73 Å². The van der Waals surface area contributed by atoms with Gasteiger partial charge in [0.1, 0.15) is 0 Å². The predicted molar refractivity (Wildman–Crippen MR) is 137 cm³/mol. The third-order valence-electron chi connectivity index (χ3n) is 6.40. The van der Waals surface area contributed by atoms with Gasteiger partial charge in [0.25, 0.3) is 10.6 Å². The lowest BCUT2D eigenvalue weighted by Gasteiger charge is -2.19. The molecule has 12 nitrogen and oxygen atoms in total. The van der Waals surface area contributed by atoms with Gasteiger partial charge in [0, 0.05) is 36.1 Å². The average Bonchev–Trinajstić information content (AvgIpc) is 3.34. The summed E-state index contributed by atoms with van der Waals surface area (Å²) < 4.78 is 34.5. The number of carbonyl (C=O) groups excluding carboxylic acids is 1. The Bertz CT molecular complexity index is 1520. The van der Waals surface area contributed by atoms with Crippen molar-refractivity contribution in [1.82, 2.24) is 8.87 Å². The van der Waals surface area contributed by atoms with Crippen LogP contribution in [0.2, 0.25) is 0 Å². The number of fused-ring (bicyclic) bond motifs is 1. The summed E-state index contributed by atoms with van der Waals surface area (Å²) in [5.74, 6) is -0.639. The van der Waals surface area contributed by atoms with Crippen LogP contribution in [0.4, 0.5) is 0 Å². The second kappa shape index (κ2) is 11.3. The van der Waals surface area contributed by atoms with Crippen LogP contribution < -0.4 is 11.3 Å². The molecule has 1 atom stereocenters. The van der Waals surface area contributed by atoms with Gasteiger partial charge in [-0.15, -0.1) is 10.1 Å². The molecule has 0 aliphatic carbocycles. The number of sulfonamides is 1. The molecule has 38 heavy (non-hydrogen) atoms. The highest BCUT2D eigenvalue weighted by Crippen LogP contribution is 2.28. The SMILES string of the molecule is Cc1cn(COC(=O)c2ccc(CCCO[N+](=O)[O-])cc2)c(=O)c2cccc(S(=O)(=O)N3CC[C@H](N)C3)c12. The monoisotopic (exact) mass is 544 g/mol. The highest BCUT2D eigenvalue weighted by Gasteiger charge is 2.32. The van der Waals surface area contributed by atoms with Crippen molar-refractivity contribution in [3.63, 3.8) is 0 Å². The average molecular weight is 545 g/mol. The minimum atomic E-state index is -3.84. The highest BCUT2D eigenvalue weighted by atomic mass is 32.2. The number of aromatic nitrogens is 1. The maximum absolute atomic E-state index is 13.3. The zero-order valence-electron chi connectivity index (χ0n) is 20.7. The van der Waals surface area contributed by atoms with Gasteiger partial charge in [-0.2, -0.15) is 4.31 Å². The van der Waals surface area contributed by atoms with Gasteiger partial charge >= 0.3 is 5.97 Å². The number of hydrogen-bond donors (Lipinski definition) is 1. The van der Waals surface area contributed by atoms with E-state index >= 15 is 0 Å². The number of rotatable bonds is 10. The van der Waals surface area contributed by atoms with Crippen LogP contribution in [-0.2, 0) is 32.7 Å². The minimum absolute atomic E-state index is 0.0173. The number of benzene rings is 2. The van der Waals surface area contributed by atoms with Crippen molar-refractivity contribution in [3.8, 4) is 0 Å². The third kappa shape index (κ3) is 5.85. The fraction of sp³-hybridized carbons (Fsp3) is 0.360. The van der Waals surface area contributed by atoms with Crippen molar-refractivity contribution in [2.75, 3.05) is 19.7 Å². The first-order valence-corrected chi connectivity index (χ1v) is 13.4. The molecule has 0 unspecified atom stereocenters. The Morgan fingerprint density at radius 3 is 2.61 bits per heavy atom. The molecule has 1 aliphatic heterocycles. The first kappa shape index (κ1) is 27.2. The van der Waals surface area contributed by atoms with Crippen LogP contribution in [0.3, 0.4) is 0 Å². The Balaban J connectivity index is 1.49. The summed E-state index contributed by atoms with van der Waals surface area (Å²) >= 11 is 0. The van der Waals surface area contributed by atoms with Gasteiger partial charge in [-0.05, 0) is 61.6 Å². The Hall–Kier alpha value is -3.81. The van der Waals surface area contributed by atoms with E-state index in [0.717, 1.165) is 5.56 Å². The Kier molecular flexibility index (Phi) is 8.09. The van der Waals surface area contributed by atoms with Crippen LogP contribution >= 0.6 is 0 Å². The lowest BCUT2D eigenvalue weighted by Crippen LogP contribution is -2.32.